The second-order valence-corrected chi connectivity index (χ2v) is 8.16. The first-order valence-electron chi connectivity index (χ1n) is 10.3. The zero-order chi connectivity index (χ0) is 19.3. The first-order valence-corrected chi connectivity index (χ1v) is 10.3. The lowest BCUT2D eigenvalue weighted by Gasteiger charge is -2.41. The van der Waals surface area contributed by atoms with Gasteiger partial charge in [-0.3, -0.25) is 4.79 Å². The monoisotopic (exact) mass is 365 g/mol. The van der Waals surface area contributed by atoms with Crippen molar-refractivity contribution in [2.45, 2.75) is 53.0 Å². The Hall–Kier alpha value is -2.13. The van der Waals surface area contributed by atoms with Crippen LogP contribution in [0.5, 0.6) is 0 Å². The molecule has 0 bridgehead atoms. The van der Waals surface area contributed by atoms with Crippen LogP contribution in [0, 0.1) is 13.8 Å². The largest absolute Gasteiger partial charge is 0.321 e. The molecule has 1 aliphatic rings. The molecule has 3 nitrogen and oxygen atoms in total. The molecule has 3 rings (SSSR count). The fraction of sp³-hybridized carbons (Fsp3) is 0.458. The fourth-order valence-corrected chi connectivity index (χ4v) is 4.46. The second-order valence-electron chi connectivity index (χ2n) is 8.16. The number of nitrogens with zero attached hydrogens (tertiary/aromatic N) is 1. The molecule has 0 aliphatic carbocycles. The molecule has 2 aromatic rings. The van der Waals surface area contributed by atoms with Gasteiger partial charge < -0.3 is 9.80 Å². The van der Waals surface area contributed by atoms with Gasteiger partial charge in [0.25, 0.3) is 5.91 Å². The highest BCUT2D eigenvalue weighted by atomic mass is 16.2. The fourth-order valence-electron chi connectivity index (χ4n) is 4.46. The molecule has 0 aromatic heterocycles. The van der Waals surface area contributed by atoms with Crippen molar-refractivity contribution in [1.29, 1.82) is 0 Å². The van der Waals surface area contributed by atoms with Crippen LogP contribution in [0.3, 0.4) is 0 Å². The molecule has 1 amide bonds. The van der Waals surface area contributed by atoms with Gasteiger partial charge in [0.15, 0.2) is 6.54 Å². The van der Waals surface area contributed by atoms with Gasteiger partial charge in [0.05, 0.1) is 13.1 Å². The maximum Gasteiger partial charge on any atom is 0.279 e. The Balaban J connectivity index is 1.75. The highest BCUT2D eigenvalue weighted by Crippen LogP contribution is 2.25. The maximum absolute atomic E-state index is 13.0. The lowest BCUT2D eigenvalue weighted by atomic mass is 10.0. The van der Waals surface area contributed by atoms with Gasteiger partial charge in [-0.1, -0.05) is 49.4 Å². The van der Waals surface area contributed by atoms with E-state index in [1.807, 2.05) is 0 Å². The van der Waals surface area contributed by atoms with Crippen LogP contribution in [0.25, 0.3) is 0 Å². The van der Waals surface area contributed by atoms with E-state index in [-0.39, 0.29) is 5.91 Å². The topological polar surface area (TPSA) is 29.1 Å². The molecule has 0 radical (unpaired) electrons. The van der Waals surface area contributed by atoms with Gasteiger partial charge in [0, 0.05) is 11.3 Å². The first-order chi connectivity index (χ1) is 13.0. The van der Waals surface area contributed by atoms with Gasteiger partial charge in [0.2, 0.25) is 0 Å². The Labute approximate surface area is 164 Å². The summed E-state index contributed by atoms with van der Waals surface area (Å²) < 4.78 is 0.876. The molecular weight excluding hydrogens is 332 g/mol. The van der Waals surface area contributed by atoms with Crippen LogP contribution in [0.15, 0.2) is 42.5 Å². The third-order valence-electron chi connectivity index (χ3n) is 5.87. The summed E-state index contributed by atoms with van der Waals surface area (Å²) in [6.45, 7) is 10.0. The van der Waals surface area contributed by atoms with Gasteiger partial charge in [-0.25, -0.2) is 0 Å². The van der Waals surface area contributed by atoms with Crippen LogP contribution in [0.1, 0.15) is 48.4 Å². The predicted molar refractivity (Wildman–Crippen MR) is 113 cm³/mol. The smallest absolute Gasteiger partial charge is 0.279 e. The minimum absolute atomic E-state index is 0.142. The third-order valence-corrected chi connectivity index (χ3v) is 5.87. The minimum atomic E-state index is 0.142. The van der Waals surface area contributed by atoms with E-state index in [4.69, 9.17) is 0 Å². The highest BCUT2D eigenvalue weighted by Gasteiger charge is 2.33. The zero-order valence-electron chi connectivity index (χ0n) is 17.1. The number of likely N-dealkylation sites (tertiary alicyclic amines) is 1. The highest BCUT2D eigenvalue weighted by molar-refractivity contribution is 5.93. The van der Waals surface area contributed by atoms with E-state index < -0.39 is 0 Å². The van der Waals surface area contributed by atoms with Crippen molar-refractivity contribution in [1.82, 2.24) is 0 Å². The summed E-state index contributed by atoms with van der Waals surface area (Å²) in [7, 11) is 0. The van der Waals surface area contributed by atoms with E-state index in [1.165, 1.54) is 30.4 Å². The van der Waals surface area contributed by atoms with E-state index in [0.29, 0.717) is 6.54 Å². The summed E-state index contributed by atoms with van der Waals surface area (Å²) in [4.78, 5) is 13.0. The molecule has 0 atom stereocenters. The zero-order valence-corrected chi connectivity index (χ0v) is 17.1. The molecule has 1 aliphatic heterocycles. The Morgan fingerprint density at radius 2 is 1.59 bits per heavy atom. The van der Waals surface area contributed by atoms with Crippen molar-refractivity contribution in [2.24, 2.45) is 0 Å². The van der Waals surface area contributed by atoms with Crippen LogP contribution in [0.2, 0.25) is 0 Å². The Bertz CT molecular complexity index is 753. The second kappa shape index (κ2) is 8.71. The van der Waals surface area contributed by atoms with E-state index in [2.05, 4.69) is 68.6 Å². The summed E-state index contributed by atoms with van der Waals surface area (Å²) in [5.74, 6) is 0.142. The molecule has 1 fully saturated rings. The lowest BCUT2D eigenvalue weighted by Crippen LogP contribution is -2.54. The number of amides is 1. The van der Waals surface area contributed by atoms with Crippen LogP contribution in [-0.2, 0) is 17.8 Å². The molecular formula is C24H33N2O+. The number of hydrogen-bond acceptors (Lipinski definition) is 1. The average Bonchev–Trinajstić information content (AvgIpc) is 2.66. The van der Waals surface area contributed by atoms with Crippen LogP contribution in [-0.4, -0.2) is 30.0 Å². The number of nitrogens with one attached hydrogen (secondary N) is 1. The number of hydrogen-bond donors (Lipinski definition) is 1. The number of piperidine rings is 1. The Morgan fingerprint density at radius 3 is 2.19 bits per heavy atom. The molecule has 0 unspecified atom stereocenters. The normalized spacial score (nSPS) is 16.1. The van der Waals surface area contributed by atoms with Gasteiger partial charge in [-0.05, 0) is 56.2 Å². The van der Waals surface area contributed by atoms with Gasteiger partial charge in [-0.15, -0.1) is 0 Å². The standard InChI is InChI=1S/C24H32N2O/c1-4-21-15-19(2)24(20(3)16-21)25-23(27)18-26(13-9-6-10-14-26)17-22-11-7-5-8-12-22/h5,7-8,11-12,15-16H,4,6,9-10,13-14,17-18H2,1-3H3/p+1. The molecule has 0 spiro atoms. The molecule has 1 N–H and O–H groups in total. The summed E-state index contributed by atoms with van der Waals surface area (Å²) in [6, 6.07) is 15.0. The summed E-state index contributed by atoms with van der Waals surface area (Å²) in [5, 5.41) is 3.23. The van der Waals surface area contributed by atoms with Crippen molar-refractivity contribution < 1.29 is 9.28 Å². The van der Waals surface area contributed by atoms with Crippen molar-refractivity contribution in [3.05, 3.63) is 64.7 Å². The number of carbonyl (C=O) groups is 1. The van der Waals surface area contributed by atoms with Crippen molar-refractivity contribution in [3.63, 3.8) is 0 Å². The van der Waals surface area contributed by atoms with E-state index in [1.54, 1.807) is 0 Å². The molecule has 27 heavy (non-hydrogen) atoms. The summed E-state index contributed by atoms with van der Waals surface area (Å²) in [6.07, 6.45) is 4.73. The van der Waals surface area contributed by atoms with Crippen LogP contribution < -0.4 is 5.32 Å². The molecule has 1 saturated heterocycles. The Morgan fingerprint density at radius 1 is 0.963 bits per heavy atom. The van der Waals surface area contributed by atoms with E-state index >= 15 is 0 Å². The van der Waals surface area contributed by atoms with Crippen LogP contribution in [0.4, 0.5) is 5.69 Å². The molecule has 1 heterocycles. The Kier molecular flexibility index (Phi) is 6.33. The average molecular weight is 366 g/mol. The van der Waals surface area contributed by atoms with Gasteiger partial charge in [0.1, 0.15) is 6.54 Å². The van der Waals surface area contributed by atoms with Gasteiger partial charge in [-0.2, -0.15) is 0 Å². The first kappa shape index (κ1) is 19.6. The van der Waals surface area contributed by atoms with Crippen LogP contribution >= 0.6 is 0 Å². The third kappa shape index (κ3) is 4.98. The number of anilines is 1. The van der Waals surface area contributed by atoms with Crippen molar-refractivity contribution in [3.8, 4) is 0 Å². The van der Waals surface area contributed by atoms with Crippen molar-refractivity contribution in [2.75, 3.05) is 25.0 Å². The number of carbonyl (C=O) groups excluding carboxylic acids is 1. The number of aryl methyl sites for hydroxylation is 3. The van der Waals surface area contributed by atoms with Crippen molar-refractivity contribution >= 4 is 11.6 Å². The summed E-state index contributed by atoms with van der Waals surface area (Å²) >= 11 is 0. The maximum atomic E-state index is 13.0. The van der Waals surface area contributed by atoms with Gasteiger partial charge >= 0.3 is 0 Å². The number of quaternary nitrogens is 1. The SMILES string of the molecule is CCc1cc(C)c(NC(=O)C[N+]2(Cc3ccccc3)CCCCC2)c(C)c1. The number of benzene rings is 2. The molecule has 2 aromatic carbocycles. The molecule has 3 heteroatoms. The molecule has 0 saturated carbocycles. The lowest BCUT2D eigenvalue weighted by molar-refractivity contribution is -0.937. The molecule has 144 valence electrons. The quantitative estimate of drug-likeness (QED) is 0.717. The number of rotatable bonds is 6. The van der Waals surface area contributed by atoms with E-state index in [9.17, 15) is 4.79 Å². The van der Waals surface area contributed by atoms with E-state index in [0.717, 1.165) is 47.4 Å². The summed E-state index contributed by atoms with van der Waals surface area (Å²) in [5.41, 5.74) is 5.97. The predicted octanol–water partition coefficient (Wildman–Crippen LogP) is 5.01. The minimum Gasteiger partial charge on any atom is -0.321 e.